The van der Waals surface area contributed by atoms with Gasteiger partial charge in [-0.05, 0) is 61.2 Å². The van der Waals surface area contributed by atoms with Crippen molar-refractivity contribution < 1.29 is 35.9 Å². The average Bonchev–Trinajstić information content (AvgIpc) is 2.93. The van der Waals surface area contributed by atoms with Crippen molar-refractivity contribution in [3.05, 3.63) is 99.6 Å². The number of carbonyl (C=O) groups excluding carboxylic acids is 1. The minimum Gasteiger partial charge on any atom is -0.496 e. The van der Waals surface area contributed by atoms with Crippen LogP contribution in [0.15, 0.2) is 60.7 Å². The van der Waals surface area contributed by atoms with Gasteiger partial charge in [-0.15, -0.1) is 0 Å². The van der Waals surface area contributed by atoms with Crippen LogP contribution in [0.1, 0.15) is 43.7 Å². The van der Waals surface area contributed by atoms with Gasteiger partial charge in [0.25, 0.3) is 5.91 Å². The Balaban J connectivity index is 1.66. The van der Waals surface area contributed by atoms with E-state index in [0.717, 1.165) is 22.3 Å². The second kappa shape index (κ2) is 12.1. The van der Waals surface area contributed by atoms with Gasteiger partial charge in [-0.25, -0.2) is 0 Å². The predicted molar refractivity (Wildman–Crippen MR) is 147 cm³/mol. The molecule has 1 N–H and O–H groups in total. The lowest BCUT2D eigenvalue weighted by Crippen LogP contribution is -2.57. The maximum atomic E-state index is 13.6. The zero-order chi connectivity index (χ0) is 30.8. The molecular weight excluding hydrogens is 560 g/mol. The summed E-state index contributed by atoms with van der Waals surface area (Å²) in [4.78, 5) is 16.8. The summed E-state index contributed by atoms with van der Waals surface area (Å²) in [6.45, 7) is 4.26. The Labute approximate surface area is 240 Å². The van der Waals surface area contributed by atoms with E-state index in [9.17, 15) is 31.1 Å². The maximum Gasteiger partial charge on any atom is 0.416 e. The molecule has 1 aliphatic heterocycles. The SMILES string of the molecule is COc1ccccc1CC(=N)N1CCN(C(=O)c2cc(C(F)(F)F)cc(C(F)(F)F)c2)[C@H](Cc2ccc(C)c(C)c2)C1. The van der Waals surface area contributed by atoms with Crippen molar-refractivity contribution in [1.82, 2.24) is 9.80 Å². The van der Waals surface area contributed by atoms with Crippen molar-refractivity contribution in [3.8, 4) is 5.75 Å². The minimum absolute atomic E-state index is 0.0141. The van der Waals surface area contributed by atoms with Gasteiger partial charge in [0.2, 0.25) is 0 Å². The van der Waals surface area contributed by atoms with Crippen molar-refractivity contribution in [2.75, 3.05) is 26.7 Å². The van der Waals surface area contributed by atoms with Gasteiger partial charge in [-0.2, -0.15) is 26.3 Å². The van der Waals surface area contributed by atoms with Crippen molar-refractivity contribution in [2.24, 2.45) is 0 Å². The molecule has 0 spiro atoms. The number of ether oxygens (including phenoxy) is 1. The van der Waals surface area contributed by atoms with Gasteiger partial charge >= 0.3 is 12.4 Å². The third-order valence-electron chi connectivity index (χ3n) is 7.55. The molecule has 224 valence electrons. The summed E-state index contributed by atoms with van der Waals surface area (Å²) in [6.07, 6.45) is -9.59. The number of alkyl halides is 6. The van der Waals surface area contributed by atoms with E-state index in [0.29, 0.717) is 24.3 Å². The molecule has 1 saturated heterocycles. The lowest BCUT2D eigenvalue weighted by Gasteiger charge is -2.43. The summed E-state index contributed by atoms with van der Waals surface area (Å²) in [6, 6.07) is 13.4. The van der Waals surface area contributed by atoms with Crippen molar-refractivity contribution in [1.29, 1.82) is 5.41 Å². The molecule has 1 atom stereocenters. The normalized spacial score (nSPS) is 16.0. The number of hydrogen-bond acceptors (Lipinski definition) is 3. The lowest BCUT2D eigenvalue weighted by molar-refractivity contribution is -0.143. The second-order valence-electron chi connectivity index (χ2n) is 10.5. The van der Waals surface area contributed by atoms with E-state index < -0.39 is 41.0 Å². The number of hydrogen-bond donors (Lipinski definition) is 1. The fourth-order valence-electron chi connectivity index (χ4n) is 5.13. The highest BCUT2D eigenvalue weighted by atomic mass is 19.4. The molecule has 1 heterocycles. The summed E-state index contributed by atoms with van der Waals surface area (Å²) < 4.78 is 86.5. The van der Waals surface area contributed by atoms with E-state index in [4.69, 9.17) is 10.1 Å². The Kier molecular flexibility index (Phi) is 8.89. The Morgan fingerprint density at radius 2 is 1.55 bits per heavy atom. The predicted octanol–water partition coefficient (Wildman–Crippen LogP) is 6.94. The second-order valence-corrected chi connectivity index (χ2v) is 10.5. The van der Waals surface area contributed by atoms with Crippen LogP contribution < -0.4 is 4.74 Å². The number of aryl methyl sites for hydroxylation is 2. The fourth-order valence-corrected chi connectivity index (χ4v) is 5.13. The molecule has 0 aliphatic carbocycles. The highest BCUT2D eigenvalue weighted by molar-refractivity contribution is 5.95. The molecule has 42 heavy (non-hydrogen) atoms. The van der Waals surface area contributed by atoms with E-state index in [2.05, 4.69) is 0 Å². The van der Waals surface area contributed by atoms with Crippen LogP contribution in [-0.4, -0.2) is 54.3 Å². The smallest absolute Gasteiger partial charge is 0.416 e. The number of amidine groups is 1. The van der Waals surface area contributed by atoms with E-state index in [1.807, 2.05) is 50.2 Å². The molecule has 1 amide bonds. The van der Waals surface area contributed by atoms with Crippen LogP contribution in [0.2, 0.25) is 0 Å². The third kappa shape index (κ3) is 7.06. The topological polar surface area (TPSA) is 56.6 Å². The molecule has 5 nitrogen and oxygen atoms in total. The molecule has 3 aromatic rings. The number of para-hydroxylation sites is 1. The third-order valence-corrected chi connectivity index (χ3v) is 7.55. The van der Waals surface area contributed by atoms with Gasteiger partial charge in [0.1, 0.15) is 11.6 Å². The molecule has 1 aliphatic rings. The summed E-state index contributed by atoms with van der Waals surface area (Å²) in [5.74, 6) is -0.0424. The largest absolute Gasteiger partial charge is 0.496 e. The number of methoxy groups -OCH3 is 1. The number of piperazine rings is 1. The van der Waals surface area contributed by atoms with Crippen LogP contribution in [0.4, 0.5) is 26.3 Å². The number of nitrogens with one attached hydrogen (secondary N) is 1. The molecule has 1 fully saturated rings. The molecule has 4 rings (SSSR count). The van der Waals surface area contributed by atoms with Gasteiger partial charge in [0.15, 0.2) is 0 Å². The van der Waals surface area contributed by atoms with Crippen molar-refractivity contribution in [3.63, 3.8) is 0 Å². The van der Waals surface area contributed by atoms with Gasteiger partial charge in [-0.3, -0.25) is 10.2 Å². The zero-order valence-corrected chi connectivity index (χ0v) is 23.4. The molecule has 3 aromatic carbocycles. The molecule has 11 heteroatoms. The first kappa shape index (κ1) is 30.9. The van der Waals surface area contributed by atoms with E-state index >= 15 is 0 Å². The van der Waals surface area contributed by atoms with Crippen molar-refractivity contribution in [2.45, 2.75) is 45.1 Å². The van der Waals surface area contributed by atoms with E-state index in [1.54, 1.807) is 11.0 Å². The van der Waals surface area contributed by atoms with Gasteiger partial charge in [-0.1, -0.05) is 36.4 Å². The first-order valence-corrected chi connectivity index (χ1v) is 13.3. The van der Waals surface area contributed by atoms with E-state index in [1.165, 1.54) is 12.0 Å². The average molecular weight is 592 g/mol. The molecule has 0 unspecified atom stereocenters. The quantitative estimate of drug-likeness (QED) is 0.192. The summed E-state index contributed by atoms with van der Waals surface area (Å²) >= 11 is 0. The Morgan fingerprint density at radius 1 is 0.905 bits per heavy atom. The zero-order valence-electron chi connectivity index (χ0n) is 23.4. The minimum atomic E-state index is -5.07. The Morgan fingerprint density at radius 3 is 2.14 bits per heavy atom. The highest BCUT2D eigenvalue weighted by Gasteiger charge is 2.39. The molecular formula is C31H31F6N3O2. The van der Waals surface area contributed by atoms with E-state index in [-0.39, 0.29) is 38.0 Å². The van der Waals surface area contributed by atoms with Gasteiger partial charge in [0, 0.05) is 37.2 Å². The number of halogens is 6. The van der Waals surface area contributed by atoms with Crippen LogP contribution in [-0.2, 0) is 25.2 Å². The summed E-state index contributed by atoms with van der Waals surface area (Å²) in [5.41, 5.74) is -0.0438. The fraction of sp³-hybridized carbons (Fsp3) is 0.355. The van der Waals surface area contributed by atoms with Crippen LogP contribution in [0.3, 0.4) is 0 Å². The van der Waals surface area contributed by atoms with Crippen LogP contribution in [0.25, 0.3) is 0 Å². The molecule has 0 aromatic heterocycles. The summed E-state index contributed by atoms with van der Waals surface area (Å²) in [5, 5.41) is 8.77. The van der Waals surface area contributed by atoms with Gasteiger partial charge in [0.05, 0.1) is 24.3 Å². The number of carbonyl (C=O) groups is 1. The number of nitrogens with zero attached hydrogens (tertiary/aromatic N) is 2. The van der Waals surface area contributed by atoms with Crippen LogP contribution in [0.5, 0.6) is 5.75 Å². The first-order valence-electron chi connectivity index (χ1n) is 13.3. The number of amides is 1. The van der Waals surface area contributed by atoms with Crippen molar-refractivity contribution >= 4 is 11.7 Å². The maximum absolute atomic E-state index is 13.6. The Bertz CT molecular complexity index is 1440. The standard InChI is InChI=1S/C31H31F6N3O2/c1-19-8-9-21(12-20(19)2)13-26-18-39(28(38)16-22-6-4-5-7-27(22)42-3)10-11-40(26)29(41)23-14-24(30(32,33)34)17-25(15-23)31(35,36)37/h4-9,12,14-15,17,26,38H,10-11,13,16,18H2,1-3H3/t26-/m1/s1. The lowest BCUT2D eigenvalue weighted by atomic mass is 9.96. The molecule has 0 bridgehead atoms. The van der Waals surface area contributed by atoms with Gasteiger partial charge < -0.3 is 14.5 Å². The highest BCUT2D eigenvalue weighted by Crippen LogP contribution is 2.37. The Hall–Kier alpha value is -4.02. The first-order chi connectivity index (χ1) is 19.7. The molecule has 0 radical (unpaired) electrons. The summed E-state index contributed by atoms with van der Waals surface area (Å²) in [7, 11) is 1.53. The molecule has 0 saturated carbocycles. The number of benzene rings is 3. The number of rotatable bonds is 6. The van der Waals surface area contributed by atoms with Crippen LogP contribution >= 0.6 is 0 Å². The van der Waals surface area contributed by atoms with Crippen LogP contribution in [0, 0.1) is 19.3 Å². The monoisotopic (exact) mass is 591 g/mol.